The van der Waals surface area contributed by atoms with Crippen LogP contribution in [0.4, 0.5) is 5.69 Å². The summed E-state index contributed by atoms with van der Waals surface area (Å²) in [6.45, 7) is 0.645. The first-order valence-corrected chi connectivity index (χ1v) is 8.66. The molecule has 21 heavy (non-hydrogen) atoms. The van der Waals surface area contributed by atoms with Crippen molar-refractivity contribution in [2.45, 2.75) is 30.2 Å². The molecule has 2 fully saturated rings. The Hall–Kier alpha value is -1.66. The summed E-state index contributed by atoms with van der Waals surface area (Å²) in [6, 6.07) is 6.99. The second kappa shape index (κ2) is 4.42. The number of hydrogen-bond donors (Lipinski definition) is 1. The maximum atomic E-state index is 13.0. The van der Waals surface area contributed by atoms with Crippen molar-refractivity contribution in [1.82, 2.24) is 9.29 Å². The fraction of sp³-hybridized carbons (Fsp3) is 0.400. The SMILES string of the molecule is Nc1ccc(S(=O)(=O)N2CC3CCC2C3)c2ncccc12. The number of nitrogen functional groups attached to an aromatic ring is 1. The van der Waals surface area contributed by atoms with Crippen LogP contribution in [0.25, 0.3) is 10.9 Å². The molecule has 1 aliphatic carbocycles. The number of nitrogens with zero attached hydrogens (tertiary/aromatic N) is 2. The lowest BCUT2D eigenvalue weighted by atomic mass is 10.1. The van der Waals surface area contributed by atoms with Gasteiger partial charge in [-0.25, -0.2) is 8.42 Å². The van der Waals surface area contributed by atoms with Crippen molar-refractivity contribution in [1.29, 1.82) is 0 Å². The van der Waals surface area contributed by atoms with E-state index in [1.165, 1.54) is 0 Å². The molecule has 2 aliphatic rings. The van der Waals surface area contributed by atoms with Crippen molar-refractivity contribution in [3.05, 3.63) is 30.5 Å². The Morgan fingerprint density at radius 3 is 2.81 bits per heavy atom. The lowest BCUT2D eigenvalue weighted by Gasteiger charge is -2.26. The van der Waals surface area contributed by atoms with Crippen LogP contribution in [0.3, 0.4) is 0 Å². The van der Waals surface area contributed by atoms with Gasteiger partial charge in [0.15, 0.2) is 0 Å². The van der Waals surface area contributed by atoms with E-state index in [9.17, 15) is 8.42 Å². The Balaban J connectivity index is 1.88. The number of fused-ring (bicyclic) bond motifs is 3. The van der Waals surface area contributed by atoms with Crippen LogP contribution in [0.2, 0.25) is 0 Å². The van der Waals surface area contributed by atoms with Crippen LogP contribution in [0.5, 0.6) is 0 Å². The zero-order chi connectivity index (χ0) is 14.6. The third-order valence-electron chi connectivity index (χ3n) is 4.71. The molecule has 1 aromatic heterocycles. The third-order valence-corrected chi connectivity index (χ3v) is 6.66. The summed E-state index contributed by atoms with van der Waals surface area (Å²) in [5.41, 5.74) is 6.96. The highest BCUT2D eigenvalue weighted by molar-refractivity contribution is 7.89. The molecule has 2 atom stereocenters. The van der Waals surface area contributed by atoms with Crippen LogP contribution in [-0.4, -0.2) is 30.3 Å². The van der Waals surface area contributed by atoms with Crippen LogP contribution < -0.4 is 5.73 Å². The van der Waals surface area contributed by atoms with E-state index in [0.717, 1.165) is 19.3 Å². The minimum atomic E-state index is -3.50. The van der Waals surface area contributed by atoms with Gasteiger partial charge in [0.25, 0.3) is 0 Å². The van der Waals surface area contributed by atoms with E-state index in [-0.39, 0.29) is 10.9 Å². The Bertz CT molecular complexity index is 819. The van der Waals surface area contributed by atoms with Crippen molar-refractivity contribution in [2.75, 3.05) is 12.3 Å². The van der Waals surface area contributed by atoms with E-state index < -0.39 is 10.0 Å². The first kappa shape index (κ1) is 13.0. The molecule has 2 unspecified atom stereocenters. The van der Waals surface area contributed by atoms with Gasteiger partial charge in [0, 0.05) is 29.9 Å². The molecule has 4 rings (SSSR count). The normalized spacial score (nSPS) is 25.7. The number of piperidine rings is 1. The van der Waals surface area contributed by atoms with Gasteiger partial charge >= 0.3 is 0 Å². The van der Waals surface area contributed by atoms with Crippen molar-refractivity contribution >= 4 is 26.6 Å². The minimum Gasteiger partial charge on any atom is -0.398 e. The summed E-state index contributed by atoms with van der Waals surface area (Å²) in [7, 11) is -3.50. The molecule has 0 spiro atoms. The van der Waals surface area contributed by atoms with Gasteiger partial charge in [0.2, 0.25) is 10.0 Å². The number of hydrogen-bond acceptors (Lipinski definition) is 4. The average molecular weight is 303 g/mol. The molecular formula is C15H17N3O2S. The summed E-state index contributed by atoms with van der Waals surface area (Å²) in [4.78, 5) is 4.53. The van der Waals surface area contributed by atoms with Gasteiger partial charge in [-0.15, -0.1) is 0 Å². The summed E-state index contributed by atoms with van der Waals surface area (Å²) >= 11 is 0. The Morgan fingerprint density at radius 1 is 1.24 bits per heavy atom. The quantitative estimate of drug-likeness (QED) is 0.861. The first-order valence-electron chi connectivity index (χ1n) is 7.22. The predicted octanol–water partition coefficient (Wildman–Crippen LogP) is 1.99. The number of benzene rings is 1. The second-order valence-electron chi connectivity index (χ2n) is 5.96. The van der Waals surface area contributed by atoms with Gasteiger partial charge in [-0.05, 0) is 49.4 Å². The smallest absolute Gasteiger partial charge is 0.245 e. The van der Waals surface area contributed by atoms with Crippen molar-refractivity contribution in [2.24, 2.45) is 5.92 Å². The molecule has 1 saturated heterocycles. The Labute approximate surface area is 123 Å². The van der Waals surface area contributed by atoms with E-state index in [0.29, 0.717) is 29.1 Å². The Morgan fingerprint density at radius 2 is 2.10 bits per heavy atom. The monoisotopic (exact) mass is 303 g/mol. The number of sulfonamides is 1. The molecule has 2 N–H and O–H groups in total. The number of aromatic nitrogens is 1. The van der Waals surface area contributed by atoms with Gasteiger partial charge in [0.1, 0.15) is 4.90 Å². The molecule has 1 aliphatic heterocycles. The predicted molar refractivity (Wildman–Crippen MR) is 81.2 cm³/mol. The molecular weight excluding hydrogens is 286 g/mol. The van der Waals surface area contributed by atoms with Gasteiger partial charge in [-0.2, -0.15) is 4.31 Å². The molecule has 5 nitrogen and oxygen atoms in total. The second-order valence-corrected chi connectivity index (χ2v) is 7.82. The third kappa shape index (κ3) is 1.86. The van der Waals surface area contributed by atoms with Gasteiger partial charge in [-0.1, -0.05) is 0 Å². The van der Waals surface area contributed by atoms with Crippen LogP contribution in [0.1, 0.15) is 19.3 Å². The van der Waals surface area contributed by atoms with Crippen LogP contribution in [0, 0.1) is 5.92 Å². The van der Waals surface area contributed by atoms with E-state index in [1.807, 2.05) is 6.07 Å². The lowest BCUT2D eigenvalue weighted by Crippen LogP contribution is -2.37. The molecule has 2 aromatic rings. The number of anilines is 1. The van der Waals surface area contributed by atoms with E-state index in [2.05, 4.69) is 4.98 Å². The summed E-state index contributed by atoms with van der Waals surface area (Å²) in [5, 5.41) is 0.697. The summed E-state index contributed by atoms with van der Waals surface area (Å²) in [6.07, 6.45) is 4.73. The zero-order valence-electron chi connectivity index (χ0n) is 11.6. The van der Waals surface area contributed by atoms with Crippen LogP contribution in [-0.2, 0) is 10.0 Å². The van der Waals surface area contributed by atoms with Crippen LogP contribution >= 0.6 is 0 Å². The van der Waals surface area contributed by atoms with E-state index in [1.54, 1.807) is 28.7 Å². The summed E-state index contributed by atoms with van der Waals surface area (Å²) < 4.78 is 27.7. The summed E-state index contributed by atoms with van der Waals surface area (Å²) in [5.74, 6) is 0.526. The maximum Gasteiger partial charge on any atom is 0.245 e. The van der Waals surface area contributed by atoms with Crippen LogP contribution in [0.15, 0.2) is 35.4 Å². The standard InChI is InChI=1S/C15H17N3O2S/c16-13-5-6-14(15-12(13)2-1-7-17-15)21(19,20)18-9-10-3-4-11(18)8-10/h1-2,5-7,10-11H,3-4,8-9,16H2. The molecule has 110 valence electrons. The van der Waals surface area contributed by atoms with E-state index in [4.69, 9.17) is 5.73 Å². The average Bonchev–Trinajstić information content (AvgIpc) is 3.10. The highest BCUT2D eigenvalue weighted by Crippen LogP contribution is 2.41. The minimum absolute atomic E-state index is 0.163. The number of pyridine rings is 1. The van der Waals surface area contributed by atoms with Gasteiger partial charge in [-0.3, -0.25) is 4.98 Å². The van der Waals surface area contributed by atoms with E-state index >= 15 is 0 Å². The number of rotatable bonds is 2. The fourth-order valence-corrected chi connectivity index (χ4v) is 5.57. The maximum absolute atomic E-state index is 13.0. The van der Waals surface area contributed by atoms with Crippen molar-refractivity contribution < 1.29 is 8.42 Å². The van der Waals surface area contributed by atoms with Crippen molar-refractivity contribution in [3.8, 4) is 0 Å². The highest BCUT2D eigenvalue weighted by Gasteiger charge is 2.44. The zero-order valence-corrected chi connectivity index (χ0v) is 12.4. The Kier molecular flexibility index (Phi) is 2.74. The van der Waals surface area contributed by atoms with Crippen molar-refractivity contribution in [3.63, 3.8) is 0 Å². The molecule has 2 bridgehead atoms. The van der Waals surface area contributed by atoms with Gasteiger partial charge in [0.05, 0.1) is 5.52 Å². The van der Waals surface area contributed by atoms with Gasteiger partial charge < -0.3 is 5.73 Å². The highest BCUT2D eigenvalue weighted by atomic mass is 32.2. The lowest BCUT2D eigenvalue weighted by molar-refractivity contribution is 0.334. The molecule has 6 heteroatoms. The largest absolute Gasteiger partial charge is 0.398 e. The number of nitrogens with two attached hydrogens (primary N) is 1. The first-order chi connectivity index (χ1) is 10.1. The fourth-order valence-electron chi connectivity index (χ4n) is 3.68. The molecule has 1 aromatic carbocycles. The molecule has 0 radical (unpaired) electrons. The topological polar surface area (TPSA) is 76.3 Å². The molecule has 1 saturated carbocycles. The molecule has 2 heterocycles. The molecule has 0 amide bonds.